The van der Waals surface area contributed by atoms with Crippen LogP contribution >= 0.6 is 0 Å². The Balaban J connectivity index is 2.00. The van der Waals surface area contributed by atoms with E-state index in [1.54, 1.807) is 27.6 Å². The smallest absolute Gasteiger partial charge is 0.165 e. The zero-order valence-electron chi connectivity index (χ0n) is 15.3. The first-order valence-corrected chi connectivity index (χ1v) is 8.31. The van der Waals surface area contributed by atoms with Crippen LogP contribution in [0.25, 0.3) is 6.08 Å². The Bertz CT molecular complexity index is 795. The molecule has 0 N–H and O–H groups in total. The van der Waals surface area contributed by atoms with Gasteiger partial charge in [-0.2, -0.15) is 0 Å². The normalized spacial score (nSPS) is 18.8. The molecule has 0 amide bonds. The van der Waals surface area contributed by atoms with Crippen molar-refractivity contribution >= 4 is 6.08 Å². The first kappa shape index (κ1) is 17.2. The molecule has 0 aromatic heterocycles. The van der Waals surface area contributed by atoms with Gasteiger partial charge in [-0.05, 0) is 47.9 Å². The van der Waals surface area contributed by atoms with E-state index >= 15 is 0 Å². The van der Waals surface area contributed by atoms with Crippen LogP contribution in [0.4, 0.5) is 0 Å². The molecule has 0 unspecified atom stereocenters. The Hall–Kier alpha value is -2.62. The number of rotatable bonds is 5. The van der Waals surface area contributed by atoms with Gasteiger partial charge in [0.15, 0.2) is 11.5 Å². The maximum absolute atomic E-state index is 6.29. The van der Waals surface area contributed by atoms with Gasteiger partial charge in [0.2, 0.25) is 0 Å². The molecular weight excluding hydrogens is 316 g/mol. The maximum Gasteiger partial charge on any atom is 0.165 e. The van der Waals surface area contributed by atoms with Crippen LogP contribution in [-0.4, -0.2) is 21.3 Å². The molecule has 2 aromatic rings. The Morgan fingerprint density at radius 1 is 1.00 bits per heavy atom. The Kier molecular flexibility index (Phi) is 4.88. The monoisotopic (exact) mass is 340 g/mol. The lowest BCUT2D eigenvalue weighted by Gasteiger charge is -2.17. The van der Waals surface area contributed by atoms with Crippen molar-refractivity contribution in [1.29, 1.82) is 0 Å². The molecular formula is C21H24O4. The molecule has 0 radical (unpaired) electrons. The van der Waals surface area contributed by atoms with E-state index in [9.17, 15) is 0 Å². The summed E-state index contributed by atoms with van der Waals surface area (Å²) in [4.78, 5) is 0. The van der Waals surface area contributed by atoms with Crippen LogP contribution in [0.5, 0.6) is 17.2 Å². The molecule has 0 aliphatic carbocycles. The predicted octanol–water partition coefficient (Wildman–Crippen LogP) is 4.87. The van der Waals surface area contributed by atoms with E-state index in [0.717, 1.165) is 39.5 Å². The van der Waals surface area contributed by atoms with Gasteiger partial charge >= 0.3 is 0 Å². The van der Waals surface area contributed by atoms with Crippen molar-refractivity contribution in [1.82, 2.24) is 0 Å². The standard InChI is InChI=1S/C21H24O4/c1-13-6-7-16(12-18(13)23-4)20-14(2)17-10-15(8-9-22-3)11-19(24-5)21(17)25-20/h6-12,14,20H,1-5H3/b9-8+/t14-,20-/m0/s1. The minimum atomic E-state index is -0.0694. The van der Waals surface area contributed by atoms with Crippen LogP contribution in [-0.2, 0) is 4.74 Å². The van der Waals surface area contributed by atoms with E-state index in [2.05, 4.69) is 31.2 Å². The number of fused-ring (bicyclic) bond motifs is 1. The average molecular weight is 340 g/mol. The molecule has 2 atom stereocenters. The molecule has 25 heavy (non-hydrogen) atoms. The van der Waals surface area contributed by atoms with Crippen molar-refractivity contribution in [2.45, 2.75) is 25.9 Å². The number of ether oxygens (including phenoxy) is 4. The summed E-state index contributed by atoms with van der Waals surface area (Å²) in [6.07, 6.45) is 3.50. The second-order valence-corrected chi connectivity index (χ2v) is 6.24. The highest BCUT2D eigenvalue weighted by atomic mass is 16.5. The fourth-order valence-corrected chi connectivity index (χ4v) is 3.27. The zero-order valence-corrected chi connectivity index (χ0v) is 15.3. The number of benzene rings is 2. The van der Waals surface area contributed by atoms with Crippen LogP contribution in [0, 0.1) is 6.92 Å². The van der Waals surface area contributed by atoms with E-state index in [0.29, 0.717) is 0 Å². The molecule has 3 rings (SSSR count). The first-order valence-electron chi connectivity index (χ1n) is 8.31. The Morgan fingerprint density at radius 2 is 1.76 bits per heavy atom. The lowest BCUT2D eigenvalue weighted by Crippen LogP contribution is -2.07. The van der Waals surface area contributed by atoms with E-state index in [4.69, 9.17) is 18.9 Å². The molecule has 4 heteroatoms. The maximum atomic E-state index is 6.29. The molecule has 1 aliphatic rings. The molecule has 2 aromatic carbocycles. The van der Waals surface area contributed by atoms with Gasteiger partial charge in [-0.25, -0.2) is 0 Å². The lowest BCUT2D eigenvalue weighted by atomic mass is 9.91. The summed E-state index contributed by atoms with van der Waals surface area (Å²) in [6.45, 7) is 4.21. The largest absolute Gasteiger partial charge is 0.504 e. The molecule has 1 aliphatic heterocycles. The first-order chi connectivity index (χ1) is 12.1. The van der Waals surface area contributed by atoms with Gasteiger partial charge in [-0.1, -0.05) is 19.1 Å². The van der Waals surface area contributed by atoms with Gasteiger partial charge < -0.3 is 18.9 Å². The second kappa shape index (κ2) is 7.09. The fraction of sp³-hybridized carbons (Fsp3) is 0.333. The fourth-order valence-electron chi connectivity index (χ4n) is 3.27. The average Bonchev–Trinajstić information content (AvgIpc) is 2.96. The second-order valence-electron chi connectivity index (χ2n) is 6.24. The van der Waals surface area contributed by atoms with Gasteiger partial charge in [0.25, 0.3) is 0 Å². The van der Waals surface area contributed by atoms with E-state index in [1.165, 1.54) is 0 Å². The van der Waals surface area contributed by atoms with Gasteiger partial charge in [0.1, 0.15) is 11.9 Å². The van der Waals surface area contributed by atoms with Crippen molar-refractivity contribution in [3.63, 3.8) is 0 Å². The summed E-state index contributed by atoms with van der Waals surface area (Å²) >= 11 is 0. The number of hydrogen-bond acceptors (Lipinski definition) is 4. The van der Waals surface area contributed by atoms with E-state index in [1.807, 2.05) is 19.1 Å². The highest BCUT2D eigenvalue weighted by molar-refractivity contribution is 5.61. The molecule has 132 valence electrons. The number of hydrogen-bond donors (Lipinski definition) is 0. The summed E-state index contributed by atoms with van der Waals surface area (Å²) in [5.74, 6) is 2.63. The summed E-state index contributed by atoms with van der Waals surface area (Å²) in [6, 6.07) is 10.3. The van der Waals surface area contributed by atoms with Crippen molar-refractivity contribution in [2.24, 2.45) is 0 Å². The highest BCUT2D eigenvalue weighted by Crippen LogP contribution is 2.51. The summed E-state index contributed by atoms with van der Waals surface area (Å²) in [7, 11) is 4.99. The van der Waals surface area contributed by atoms with Crippen LogP contribution in [0.2, 0.25) is 0 Å². The third-order valence-corrected chi connectivity index (χ3v) is 4.67. The minimum Gasteiger partial charge on any atom is -0.504 e. The van der Waals surface area contributed by atoms with E-state index in [-0.39, 0.29) is 12.0 Å². The lowest BCUT2D eigenvalue weighted by molar-refractivity contribution is 0.208. The summed E-state index contributed by atoms with van der Waals surface area (Å²) in [5.41, 5.74) is 4.37. The molecule has 4 nitrogen and oxygen atoms in total. The molecule has 0 fully saturated rings. The van der Waals surface area contributed by atoms with Crippen LogP contribution < -0.4 is 14.2 Å². The zero-order chi connectivity index (χ0) is 18.0. The Morgan fingerprint density at radius 3 is 2.44 bits per heavy atom. The summed E-state index contributed by atoms with van der Waals surface area (Å²) in [5, 5.41) is 0. The SMILES string of the molecule is CO/C=C/c1cc(OC)c2c(c1)[C@H](C)[C@@H](c1ccc(C)c(OC)c1)O2. The van der Waals surface area contributed by atoms with Crippen molar-refractivity contribution in [3.8, 4) is 17.2 Å². The molecule has 0 saturated carbocycles. The third-order valence-electron chi connectivity index (χ3n) is 4.67. The van der Waals surface area contributed by atoms with Crippen molar-refractivity contribution < 1.29 is 18.9 Å². The number of aryl methyl sites for hydroxylation is 1. The van der Waals surface area contributed by atoms with Crippen LogP contribution in [0.3, 0.4) is 0 Å². The number of methoxy groups -OCH3 is 3. The van der Waals surface area contributed by atoms with Crippen molar-refractivity contribution in [2.75, 3.05) is 21.3 Å². The minimum absolute atomic E-state index is 0.0694. The molecule has 0 spiro atoms. The van der Waals surface area contributed by atoms with E-state index < -0.39 is 0 Å². The Labute approximate surface area is 149 Å². The molecule has 0 bridgehead atoms. The van der Waals surface area contributed by atoms with Gasteiger partial charge in [0.05, 0.1) is 27.6 Å². The van der Waals surface area contributed by atoms with Gasteiger partial charge in [-0.15, -0.1) is 0 Å². The van der Waals surface area contributed by atoms with Gasteiger partial charge in [-0.3, -0.25) is 0 Å². The quantitative estimate of drug-likeness (QED) is 0.728. The topological polar surface area (TPSA) is 36.9 Å². The third kappa shape index (κ3) is 3.16. The molecule has 0 saturated heterocycles. The summed E-state index contributed by atoms with van der Waals surface area (Å²) < 4.78 is 22.3. The van der Waals surface area contributed by atoms with Crippen molar-refractivity contribution in [3.05, 3.63) is 58.8 Å². The van der Waals surface area contributed by atoms with Gasteiger partial charge in [0, 0.05) is 11.5 Å². The highest BCUT2D eigenvalue weighted by Gasteiger charge is 2.35. The van der Waals surface area contributed by atoms with Crippen LogP contribution in [0.1, 0.15) is 41.2 Å². The van der Waals surface area contributed by atoms with Crippen LogP contribution in [0.15, 0.2) is 36.6 Å². The molecule has 1 heterocycles. The predicted molar refractivity (Wildman–Crippen MR) is 98.6 cm³/mol.